The van der Waals surface area contributed by atoms with Crippen LogP contribution in [0.4, 0.5) is 11.4 Å². The van der Waals surface area contributed by atoms with E-state index in [-0.39, 0.29) is 16.9 Å². The third kappa shape index (κ3) is 3.98. The van der Waals surface area contributed by atoms with Crippen LogP contribution in [-0.4, -0.2) is 17.4 Å². The van der Waals surface area contributed by atoms with Crippen molar-refractivity contribution in [3.05, 3.63) is 62.7 Å². The number of nitro benzene ring substituents is 1. The molecule has 0 fully saturated rings. The van der Waals surface area contributed by atoms with Crippen molar-refractivity contribution in [1.29, 1.82) is 0 Å². The monoisotopic (exact) mass is 334 g/mol. The van der Waals surface area contributed by atoms with Gasteiger partial charge in [0.1, 0.15) is 11.4 Å². The van der Waals surface area contributed by atoms with Crippen molar-refractivity contribution >= 4 is 28.9 Å². The van der Waals surface area contributed by atoms with Gasteiger partial charge in [-0.25, -0.2) is 0 Å². The molecule has 0 saturated carbocycles. The number of halogens is 1. The van der Waals surface area contributed by atoms with E-state index >= 15 is 0 Å². The molecule has 0 aromatic heterocycles. The highest BCUT2D eigenvalue weighted by Gasteiger charge is 2.17. The molecule has 2 rings (SSSR count). The zero-order valence-corrected chi connectivity index (χ0v) is 13.4. The van der Waals surface area contributed by atoms with Gasteiger partial charge in [-0.2, -0.15) is 0 Å². The van der Waals surface area contributed by atoms with E-state index in [0.29, 0.717) is 17.4 Å². The van der Waals surface area contributed by atoms with E-state index in [9.17, 15) is 14.9 Å². The van der Waals surface area contributed by atoms with Gasteiger partial charge in [0.2, 0.25) is 0 Å². The highest BCUT2D eigenvalue weighted by atomic mass is 35.5. The number of carbonyl (C=O) groups is 1. The molecule has 120 valence electrons. The Morgan fingerprint density at radius 2 is 2.04 bits per heavy atom. The zero-order chi connectivity index (χ0) is 17.0. The number of hydrogen-bond donors (Lipinski definition) is 1. The van der Waals surface area contributed by atoms with Crippen molar-refractivity contribution in [2.45, 2.75) is 13.8 Å². The largest absolute Gasteiger partial charge is 0.492 e. The number of amides is 1. The molecule has 6 nitrogen and oxygen atoms in total. The van der Waals surface area contributed by atoms with Gasteiger partial charge in [-0.3, -0.25) is 14.9 Å². The average molecular weight is 335 g/mol. The first-order chi connectivity index (χ1) is 10.9. The lowest BCUT2D eigenvalue weighted by Crippen LogP contribution is -2.13. The van der Waals surface area contributed by atoms with Gasteiger partial charge >= 0.3 is 0 Å². The number of nitro groups is 1. The summed E-state index contributed by atoms with van der Waals surface area (Å²) >= 11 is 6.05. The molecule has 0 radical (unpaired) electrons. The molecule has 23 heavy (non-hydrogen) atoms. The molecular formula is C16H15ClN2O4. The van der Waals surface area contributed by atoms with Crippen LogP contribution in [-0.2, 0) is 0 Å². The number of rotatable bonds is 5. The second kappa shape index (κ2) is 7.11. The third-order valence-corrected chi connectivity index (χ3v) is 3.39. The van der Waals surface area contributed by atoms with E-state index in [1.807, 2.05) is 6.92 Å². The lowest BCUT2D eigenvalue weighted by molar-refractivity contribution is -0.383. The highest BCUT2D eigenvalue weighted by Crippen LogP contribution is 2.28. The van der Waals surface area contributed by atoms with Crippen molar-refractivity contribution in [3.63, 3.8) is 0 Å². The number of aryl methyl sites for hydroxylation is 1. The van der Waals surface area contributed by atoms with Gasteiger partial charge in [-0.15, -0.1) is 0 Å². The Kier molecular flexibility index (Phi) is 5.18. The molecule has 0 atom stereocenters. The minimum absolute atomic E-state index is 0.144. The van der Waals surface area contributed by atoms with E-state index < -0.39 is 10.8 Å². The molecule has 0 spiro atoms. The Labute approximate surface area is 138 Å². The van der Waals surface area contributed by atoms with Crippen LogP contribution in [0, 0.1) is 17.0 Å². The normalized spacial score (nSPS) is 10.2. The van der Waals surface area contributed by atoms with Crippen LogP contribution in [0.1, 0.15) is 22.8 Å². The van der Waals surface area contributed by atoms with Crippen LogP contribution >= 0.6 is 11.6 Å². The summed E-state index contributed by atoms with van der Waals surface area (Å²) in [5, 5.41) is 13.9. The van der Waals surface area contributed by atoms with Crippen molar-refractivity contribution in [2.24, 2.45) is 0 Å². The summed E-state index contributed by atoms with van der Waals surface area (Å²) in [7, 11) is 0. The molecule has 1 N–H and O–H groups in total. The fourth-order valence-corrected chi connectivity index (χ4v) is 2.25. The van der Waals surface area contributed by atoms with Crippen LogP contribution in [0.2, 0.25) is 5.02 Å². The number of ether oxygens (including phenoxy) is 1. The fourth-order valence-electron chi connectivity index (χ4n) is 2.02. The molecule has 0 aliphatic carbocycles. The molecule has 0 unspecified atom stereocenters. The number of nitrogens with zero attached hydrogens (tertiary/aromatic N) is 1. The predicted octanol–water partition coefficient (Wildman–Crippen LogP) is 4.21. The molecule has 7 heteroatoms. The standard InChI is InChI=1S/C16H15ClN2O4/c1-3-23-15-7-5-11(9-12(15)17)16(20)18-13-8-10(2)4-6-14(13)19(21)22/h4-9H,3H2,1-2H3,(H,18,20). The van der Waals surface area contributed by atoms with Gasteiger partial charge in [0, 0.05) is 11.6 Å². The quantitative estimate of drug-likeness (QED) is 0.656. The molecule has 1 amide bonds. The predicted molar refractivity (Wildman–Crippen MR) is 88.4 cm³/mol. The van der Waals surface area contributed by atoms with Crippen molar-refractivity contribution < 1.29 is 14.5 Å². The summed E-state index contributed by atoms with van der Waals surface area (Å²) in [6, 6.07) is 9.12. The Bertz CT molecular complexity index is 762. The summed E-state index contributed by atoms with van der Waals surface area (Å²) in [5.41, 5.74) is 1.07. The molecule has 2 aromatic rings. The summed E-state index contributed by atoms with van der Waals surface area (Å²) < 4.78 is 5.30. The summed E-state index contributed by atoms with van der Waals surface area (Å²) in [6.45, 7) is 4.07. The summed E-state index contributed by atoms with van der Waals surface area (Å²) in [5.74, 6) is -0.00380. The van der Waals surface area contributed by atoms with E-state index in [1.165, 1.54) is 12.1 Å². The highest BCUT2D eigenvalue weighted by molar-refractivity contribution is 6.32. The number of benzene rings is 2. The van der Waals surface area contributed by atoms with Gasteiger partial charge in [0.25, 0.3) is 11.6 Å². The first-order valence-electron chi connectivity index (χ1n) is 6.91. The molecular weight excluding hydrogens is 320 g/mol. The van der Waals surface area contributed by atoms with Crippen molar-refractivity contribution in [3.8, 4) is 5.75 Å². The van der Waals surface area contributed by atoms with E-state index in [2.05, 4.69) is 5.32 Å². The van der Waals surface area contributed by atoms with Gasteiger partial charge in [-0.05, 0) is 43.7 Å². The molecule has 0 aliphatic rings. The van der Waals surface area contributed by atoms with E-state index in [1.54, 1.807) is 31.2 Å². The maximum absolute atomic E-state index is 12.3. The molecule has 0 aliphatic heterocycles. The summed E-state index contributed by atoms with van der Waals surface area (Å²) in [4.78, 5) is 22.8. The second-order valence-corrected chi connectivity index (χ2v) is 5.22. The van der Waals surface area contributed by atoms with Crippen LogP contribution < -0.4 is 10.1 Å². The lowest BCUT2D eigenvalue weighted by Gasteiger charge is -2.09. The van der Waals surface area contributed by atoms with Gasteiger partial charge in [0.05, 0.1) is 16.6 Å². The zero-order valence-electron chi connectivity index (χ0n) is 12.6. The first kappa shape index (κ1) is 16.8. The van der Waals surface area contributed by atoms with Gasteiger partial charge in [-0.1, -0.05) is 17.7 Å². The van der Waals surface area contributed by atoms with Gasteiger partial charge < -0.3 is 10.1 Å². The smallest absolute Gasteiger partial charge is 0.292 e. The van der Waals surface area contributed by atoms with Crippen LogP contribution in [0.3, 0.4) is 0 Å². The maximum atomic E-state index is 12.3. The average Bonchev–Trinajstić information content (AvgIpc) is 2.49. The van der Waals surface area contributed by atoms with Crippen molar-refractivity contribution in [2.75, 3.05) is 11.9 Å². The fraction of sp³-hybridized carbons (Fsp3) is 0.188. The number of hydrogen-bond acceptors (Lipinski definition) is 4. The maximum Gasteiger partial charge on any atom is 0.292 e. The second-order valence-electron chi connectivity index (χ2n) is 4.81. The SMILES string of the molecule is CCOc1ccc(C(=O)Nc2cc(C)ccc2[N+](=O)[O-])cc1Cl. The Balaban J connectivity index is 2.27. The summed E-state index contributed by atoms with van der Waals surface area (Å²) in [6.07, 6.45) is 0. The molecule has 2 aromatic carbocycles. The molecule has 0 heterocycles. The lowest BCUT2D eigenvalue weighted by atomic mass is 10.1. The topological polar surface area (TPSA) is 81.5 Å². The molecule has 0 bridgehead atoms. The van der Waals surface area contributed by atoms with Crippen LogP contribution in [0.5, 0.6) is 5.75 Å². The first-order valence-corrected chi connectivity index (χ1v) is 7.29. The van der Waals surface area contributed by atoms with Crippen LogP contribution in [0.15, 0.2) is 36.4 Å². The van der Waals surface area contributed by atoms with E-state index in [0.717, 1.165) is 5.56 Å². The van der Waals surface area contributed by atoms with E-state index in [4.69, 9.17) is 16.3 Å². The Morgan fingerprint density at radius 3 is 2.65 bits per heavy atom. The molecule has 0 saturated heterocycles. The minimum atomic E-state index is -0.541. The third-order valence-electron chi connectivity index (χ3n) is 3.09. The minimum Gasteiger partial charge on any atom is -0.492 e. The number of nitrogens with one attached hydrogen (secondary N) is 1. The number of carbonyl (C=O) groups excluding carboxylic acids is 1. The Hall–Kier alpha value is -2.60. The van der Waals surface area contributed by atoms with Gasteiger partial charge in [0.15, 0.2) is 0 Å². The Morgan fingerprint density at radius 1 is 1.30 bits per heavy atom. The van der Waals surface area contributed by atoms with Crippen molar-refractivity contribution in [1.82, 2.24) is 0 Å². The number of anilines is 1. The van der Waals surface area contributed by atoms with Crippen LogP contribution in [0.25, 0.3) is 0 Å².